The Balaban J connectivity index is 0.00000180. The van der Waals surface area contributed by atoms with Crippen LogP contribution in [-0.2, 0) is 0 Å². The second kappa shape index (κ2) is 6.63. The van der Waals surface area contributed by atoms with Gasteiger partial charge in [0.1, 0.15) is 11.6 Å². The molecule has 0 unspecified atom stereocenters. The summed E-state index contributed by atoms with van der Waals surface area (Å²) in [6.45, 7) is 3.69. The van der Waals surface area contributed by atoms with Crippen molar-refractivity contribution in [2.75, 3.05) is 19.6 Å². The molecule has 7 heteroatoms. The molecule has 0 aliphatic carbocycles. The van der Waals surface area contributed by atoms with Crippen LogP contribution in [-0.4, -0.2) is 36.5 Å². The minimum Gasteiger partial charge on any atom is -0.333 e. The number of halogens is 4. The van der Waals surface area contributed by atoms with Gasteiger partial charge < -0.3 is 10.2 Å². The van der Waals surface area contributed by atoms with E-state index in [2.05, 4.69) is 21.2 Å². The van der Waals surface area contributed by atoms with E-state index in [-0.39, 0.29) is 28.5 Å². The summed E-state index contributed by atoms with van der Waals surface area (Å²) < 4.78 is 27.1. The third kappa shape index (κ3) is 3.43. The summed E-state index contributed by atoms with van der Waals surface area (Å²) in [5.74, 6) is -1.81. The molecule has 0 saturated carbocycles. The van der Waals surface area contributed by atoms with Crippen LogP contribution in [0.5, 0.6) is 0 Å². The van der Waals surface area contributed by atoms with E-state index in [1.165, 1.54) is 0 Å². The number of nitrogens with zero attached hydrogens (tertiary/aromatic N) is 1. The Morgan fingerprint density at radius 1 is 1.42 bits per heavy atom. The van der Waals surface area contributed by atoms with Crippen LogP contribution < -0.4 is 5.32 Å². The summed E-state index contributed by atoms with van der Waals surface area (Å²) in [5, 5.41) is 3.14. The maximum atomic E-state index is 13.7. The molecule has 1 saturated heterocycles. The van der Waals surface area contributed by atoms with Gasteiger partial charge in [0.15, 0.2) is 0 Å². The molecule has 19 heavy (non-hydrogen) atoms. The molecule has 1 aromatic carbocycles. The highest BCUT2D eigenvalue weighted by Gasteiger charge is 2.26. The minimum atomic E-state index is -0.709. The van der Waals surface area contributed by atoms with Gasteiger partial charge in [0.2, 0.25) is 0 Å². The summed E-state index contributed by atoms with van der Waals surface area (Å²) in [5.41, 5.74) is -0.218. The van der Waals surface area contributed by atoms with Crippen molar-refractivity contribution in [1.29, 1.82) is 0 Å². The van der Waals surface area contributed by atoms with Crippen molar-refractivity contribution >= 4 is 34.2 Å². The fourth-order valence-corrected chi connectivity index (χ4v) is 2.30. The fourth-order valence-electron chi connectivity index (χ4n) is 1.98. The SMILES string of the molecule is C[C@H]1CNCCN1C(=O)c1cc(F)c(Br)cc1F.Cl. The summed E-state index contributed by atoms with van der Waals surface area (Å²) >= 11 is 2.89. The molecule has 1 amide bonds. The molecule has 0 bridgehead atoms. The molecular weight excluding hydrogens is 341 g/mol. The van der Waals surface area contributed by atoms with Crippen LogP contribution in [0.3, 0.4) is 0 Å². The summed E-state index contributed by atoms with van der Waals surface area (Å²) in [7, 11) is 0. The summed E-state index contributed by atoms with van der Waals surface area (Å²) in [6.07, 6.45) is 0. The number of rotatable bonds is 1. The topological polar surface area (TPSA) is 32.3 Å². The highest BCUT2D eigenvalue weighted by atomic mass is 79.9. The molecule has 1 aromatic rings. The monoisotopic (exact) mass is 354 g/mol. The first-order chi connectivity index (χ1) is 8.50. The Labute approximate surface area is 124 Å². The van der Waals surface area contributed by atoms with E-state index in [1.54, 1.807) is 4.90 Å². The van der Waals surface area contributed by atoms with Crippen LogP contribution in [0.25, 0.3) is 0 Å². The van der Waals surface area contributed by atoms with Crippen molar-refractivity contribution in [3.63, 3.8) is 0 Å². The largest absolute Gasteiger partial charge is 0.333 e. The van der Waals surface area contributed by atoms with Gasteiger partial charge in [0.05, 0.1) is 10.0 Å². The molecule has 1 aliphatic rings. The first-order valence-electron chi connectivity index (χ1n) is 5.67. The van der Waals surface area contributed by atoms with E-state index in [1.807, 2.05) is 6.92 Å². The van der Waals surface area contributed by atoms with Crippen LogP contribution >= 0.6 is 28.3 Å². The van der Waals surface area contributed by atoms with Crippen molar-refractivity contribution in [3.05, 3.63) is 33.8 Å². The van der Waals surface area contributed by atoms with Crippen LogP contribution in [0.2, 0.25) is 0 Å². The lowest BCUT2D eigenvalue weighted by Gasteiger charge is -2.34. The van der Waals surface area contributed by atoms with Crippen molar-refractivity contribution in [2.24, 2.45) is 0 Å². The van der Waals surface area contributed by atoms with Crippen LogP contribution in [0.15, 0.2) is 16.6 Å². The Bertz CT molecular complexity index is 487. The molecule has 1 atom stereocenters. The first kappa shape index (κ1) is 16.3. The molecule has 106 valence electrons. The molecule has 1 heterocycles. The molecule has 0 spiro atoms. The summed E-state index contributed by atoms with van der Waals surface area (Å²) in [6, 6.07) is 1.89. The number of amides is 1. The van der Waals surface area contributed by atoms with Gasteiger partial charge in [-0.25, -0.2) is 8.78 Å². The molecule has 0 radical (unpaired) electrons. The number of hydrogen-bond acceptors (Lipinski definition) is 2. The normalized spacial score (nSPS) is 18.9. The predicted molar refractivity (Wildman–Crippen MR) is 74.7 cm³/mol. The van der Waals surface area contributed by atoms with Crippen molar-refractivity contribution in [2.45, 2.75) is 13.0 Å². The Kier molecular flexibility index (Phi) is 5.70. The molecule has 2 rings (SSSR count). The van der Waals surface area contributed by atoms with Gasteiger partial charge >= 0.3 is 0 Å². The molecule has 0 aromatic heterocycles. The summed E-state index contributed by atoms with van der Waals surface area (Å²) in [4.78, 5) is 13.7. The van der Waals surface area contributed by atoms with Gasteiger partial charge in [0, 0.05) is 25.7 Å². The second-order valence-corrected chi connectivity index (χ2v) is 5.15. The van der Waals surface area contributed by atoms with E-state index in [0.717, 1.165) is 12.1 Å². The number of piperazine rings is 1. The van der Waals surface area contributed by atoms with E-state index in [4.69, 9.17) is 0 Å². The average molecular weight is 356 g/mol. The van der Waals surface area contributed by atoms with Crippen LogP contribution in [0.4, 0.5) is 8.78 Å². The molecule has 1 N–H and O–H groups in total. The first-order valence-corrected chi connectivity index (χ1v) is 6.46. The molecule has 3 nitrogen and oxygen atoms in total. The highest BCUT2D eigenvalue weighted by Crippen LogP contribution is 2.21. The minimum absolute atomic E-state index is 0. The second-order valence-electron chi connectivity index (χ2n) is 4.30. The smallest absolute Gasteiger partial charge is 0.257 e. The van der Waals surface area contributed by atoms with E-state index in [0.29, 0.717) is 19.6 Å². The highest BCUT2D eigenvalue weighted by molar-refractivity contribution is 9.10. The number of hydrogen-bond donors (Lipinski definition) is 1. The third-order valence-electron chi connectivity index (χ3n) is 3.00. The number of nitrogens with one attached hydrogen (secondary N) is 1. The number of carbonyl (C=O) groups is 1. The molecule has 1 fully saturated rings. The van der Waals surface area contributed by atoms with E-state index in [9.17, 15) is 13.6 Å². The zero-order chi connectivity index (χ0) is 13.3. The average Bonchev–Trinajstić information content (AvgIpc) is 2.33. The van der Waals surface area contributed by atoms with E-state index >= 15 is 0 Å². The zero-order valence-electron chi connectivity index (χ0n) is 10.3. The maximum absolute atomic E-state index is 13.7. The Morgan fingerprint density at radius 2 is 2.11 bits per heavy atom. The number of carbonyl (C=O) groups excluding carboxylic acids is 1. The lowest BCUT2D eigenvalue weighted by molar-refractivity contribution is 0.0650. The molecular formula is C12H14BrClF2N2O. The third-order valence-corrected chi connectivity index (χ3v) is 3.61. The van der Waals surface area contributed by atoms with Crippen LogP contribution in [0.1, 0.15) is 17.3 Å². The fraction of sp³-hybridized carbons (Fsp3) is 0.417. The standard InChI is InChI=1S/C12H13BrF2N2O.ClH/c1-7-6-16-2-3-17(7)12(18)8-4-11(15)9(13)5-10(8)14;/h4-5,7,16H,2-3,6H2,1H3;1H/t7-;/m0./s1. The predicted octanol–water partition coefficient (Wildman–Crippen LogP) is 2.58. The quantitative estimate of drug-likeness (QED) is 0.785. The van der Waals surface area contributed by atoms with Gasteiger partial charge in [0.25, 0.3) is 5.91 Å². The number of benzene rings is 1. The van der Waals surface area contributed by atoms with E-state index < -0.39 is 17.5 Å². The zero-order valence-corrected chi connectivity index (χ0v) is 12.7. The van der Waals surface area contributed by atoms with Gasteiger partial charge in [-0.1, -0.05) is 0 Å². The van der Waals surface area contributed by atoms with Crippen molar-refractivity contribution in [1.82, 2.24) is 10.2 Å². The van der Waals surface area contributed by atoms with Gasteiger partial charge in [-0.2, -0.15) is 0 Å². The lowest BCUT2D eigenvalue weighted by Crippen LogP contribution is -2.52. The maximum Gasteiger partial charge on any atom is 0.257 e. The van der Waals surface area contributed by atoms with Gasteiger partial charge in [-0.05, 0) is 35.0 Å². The lowest BCUT2D eigenvalue weighted by atomic mass is 10.1. The Hall–Kier alpha value is -0.720. The van der Waals surface area contributed by atoms with Crippen molar-refractivity contribution < 1.29 is 13.6 Å². The van der Waals surface area contributed by atoms with Crippen LogP contribution in [0, 0.1) is 11.6 Å². The molecule has 1 aliphatic heterocycles. The van der Waals surface area contributed by atoms with Gasteiger partial charge in [-0.3, -0.25) is 4.79 Å². The van der Waals surface area contributed by atoms with Crippen molar-refractivity contribution in [3.8, 4) is 0 Å². The Morgan fingerprint density at radius 3 is 2.74 bits per heavy atom. The van der Waals surface area contributed by atoms with Gasteiger partial charge in [-0.15, -0.1) is 12.4 Å².